The molecule has 1 fully saturated rings. The van der Waals surface area contributed by atoms with Gasteiger partial charge in [0.25, 0.3) is 0 Å². The van der Waals surface area contributed by atoms with E-state index < -0.39 is 0 Å². The van der Waals surface area contributed by atoms with Crippen LogP contribution in [-0.2, 0) is 4.79 Å². The molecular formula is C13H19NO. The highest BCUT2D eigenvalue weighted by molar-refractivity contribution is 5.55. The Hall–Kier alpha value is -0.890. The molecule has 0 saturated carbocycles. The summed E-state index contributed by atoms with van der Waals surface area (Å²) in [5.74, 6) is 0.771. The van der Waals surface area contributed by atoms with Crippen LogP contribution >= 0.6 is 0 Å². The van der Waals surface area contributed by atoms with Gasteiger partial charge in [-0.2, -0.15) is 0 Å². The number of hydrogen-bond donors (Lipinski definition) is 0. The SMILES string of the molecule is CN1CC(C=O)C(CC2=CCCC=C2)C1. The van der Waals surface area contributed by atoms with E-state index in [-0.39, 0.29) is 5.92 Å². The van der Waals surface area contributed by atoms with E-state index >= 15 is 0 Å². The average molecular weight is 205 g/mol. The molecule has 1 aliphatic carbocycles. The van der Waals surface area contributed by atoms with Crippen molar-refractivity contribution >= 4 is 6.29 Å². The Morgan fingerprint density at radius 3 is 3.00 bits per heavy atom. The number of carbonyl (C=O) groups excluding carboxylic acids is 1. The highest BCUT2D eigenvalue weighted by Crippen LogP contribution is 2.28. The van der Waals surface area contributed by atoms with Crippen molar-refractivity contribution in [3.63, 3.8) is 0 Å². The Morgan fingerprint density at radius 1 is 1.47 bits per heavy atom. The molecule has 82 valence electrons. The van der Waals surface area contributed by atoms with Crippen LogP contribution in [0.2, 0.25) is 0 Å². The fraction of sp³-hybridized carbons (Fsp3) is 0.615. The third-order valence-electron chi connectivity index (χ3n) is 3.42. The molecule has 2 unspecified atom stereocenters. The minimum atomic E-state index is 0.242. The van der Waals surface area contributed by atoms with Crippen molar-refractivity contribution in [1.82, 2.24) is 4.90 Å². The van der Waals surface area contributed by atoms with Crippen molar-refractivity contribution in [1.29, 1.82) is 0 Å². The van der Waals surface area contributed by atoms with Gasteiger partial charge >= 0.3 is 0 Å². The monoisotopic (exact) mass is 205 g/mol. The Morgan fingerprint density at radius 2 is 2.33 bits per heavy atom. The number of carbonyl (C=O) groups is 1. The largest absolute Gasteiger partial charge is 0.305 e. The van der Waals surface area contributed by atoms with Gasteiger partial charge in [-0.3, -0.25) is 0 Å². The Balaban J connectivity index is 1.96. The predicted molar refractivity (Wildman–Crippen MR) is 61.6 cm³/mol. The molecule has 2 heteroatoms. The van der Waals surface area contributed by atoms with Crippen molar-refractivity contribution in [2.75, 3.05) is 20.1 Å². The second-order valence-corrected chi connectivity index (χ2v) is 4.74. The molecule has 0 amide bonds. The number of nitrogens with zero attached hydrogens (tertiary/aromatic N) is 1. The molecule has 0 spiro atoms. The summed E-state index contributed by atoms with van der Waals surface area (Å²) in [7, 11) is 2.10. The number of rotatable bonds is 3. The van der Waals surface area contributed by atoms with Crippen LogP contribution in [0.3, 0.4) is 0 Å². The zero-order valence-electron chi connectivity index (χ0n) is 9.36. The molecule has 0 bridgehead atoms. The summed E-state index contributed by atoms with van der Waals surface area (Å²) in [5, 5.41) is 0. The fourth-order valence-corrected chi connectivity index (χ4v) is 2.61. The first-order valence-electron chi connectivity index (χ1n) is 5.79. The molecule has 15 heavy (non-hydrogen) atoms. The van der Waals surface area contributed by atoms with E-state index in [4.69, 9.17) is 0 Å². The van der Waals surface area contributed by atoms with Crippen LogP contribution in [0.4, 0.5) is 0 Å². The Labute approximate surface area is 91.6 Å². The zero-order valence-corrected chi connectivity index (χ0v) is 9.36. The summed E-state index contributed by atoms with van der Waals surface area (Å²) in [6.07, 6.45) is 11.3. The van der Waals surface area contributed by atoms with Crippen molar-refractivity contribution in [3.05, 3.63) is 23.8 Å². The maximum absolute atomic E-state index is 10.9. The molecule has 0 aromatic rings. The highest BCUT2D eigenvalue weighted by atomic mass is 16.1. The highest BCUT2D eigenvalue weighted by Gasteiger charge is 2.30. The molecule has 0 N–H and O–H groups in total. The lowest BCUT2D eigenvalue weighted by atomic mass is 9.89. The van der Waals surface area contributed by atoms with Crippen LogP contribution in [0.15, 0.2) is 23.8 Å². The fourth-order valence-electron chi connectivity index (χ4n) is 2.61. The van der Waals surface area contributed by atoms with Crippen molar-refractivity contribution in [2.45, 2.75) is 19.3 Å². The van der Waals surface area contributed by atoms with E-state index in [1.807, 2.05) is 0 Å². The lowest BCUT2D eigenvalue weighted by molar-refractivity contribution is -0.111. The summed E-state index contributed by atoms with van der Waals surface area (Å²) in [6.45, 7) is 2.00. The zero-order chi connectivity index (χ0) is 10.7. The summed E-state index contributed by atoms with van der Waals surface area (Å²) in [4.78, 5) is 13.2. The van der Waals surface area contributed by atoms with Crippen molar-refractivity contribution in [3.8, 4) is 0 Å². The minimum absolute atomic E-state index is 0.242. The predicted octanol–water partition coefficient (Wildman–Crippen LogP) is 2.03. The first-order chi connectivity index (χ1) is 7.29. The first kappa shape index (κ1) is 10.6. The quantitative estimate of drug-likeness (QED) is 0.657. The van der Waals surface area contributed by atoms with Gasteiger partial charge in [0, 0.05) is 19.0 Å². The second kappa shape index (κ2) is 4.75. The minimum Gasteiger partial charge on any atom is -0.305 e. The lowest BCUT2D eigenvalue weighted by Crippen LogP contribution is -2.14. The molecule has 0 aromatic carbocycles. The Bertz CT molecular complexity index is 293. The van der Waals surface area contributed by atoms with Gasteiger partial charge < -0.3 is 9.69 Å². The first-order valence-corrected chi connectivity index (χ1v) is 5.79. The maximum Gasteiger partial charge on any atom is 0.124 e. The number of aldehydes is 1. The maximum atomic E-state index is 10.9. The van der Waals surface area contributed by atoms with Gasteiger partial charge in [0.1, 0.15) is 6.29 Å². The Kier molecular flexibility index (Phi) is 3.37. The topological polar surface area (TPSA) is 20.3 Å². The van der Waals surface area contributed by atoms with Crippen LogP contribution in [0.5, 0.6) is 0 Å². The smallest absolute Gasteiger partial charge is 0.124 e. The van der Waals surface area contributed by atoms with Gasteiger partial charge in [-0.25, -0.2) is 0 Å². The lowest BCUT2D eigenvalue weighted by Gasteiger charge is -2.15. The van der Waals surface area contributed by atoms with Gasteiger partial charge in [0.15, 0.2) is 0 Å². The summed E-state index contributed by atoms with van der Waals surface area (Å²) < 4.78 is 0. The average Bonchev–Trinajstić information content (AvgIpc) is 2.60. The third kappa shape index (κ3) is 2.57. The molecule has 0 aromatic heterocycles. The van der Waals surface area contributed by atoms with E-state index in [0.29, 0.717) is 5.92 Å². The van der Waals surface area contributed by atoms with E-state index in [1.165, 1.54) is 18.4 Å². The summed E-state index contributed by atoms with van der Waals surface area (Å²) >= 11 is 0. The van der Waals surface area contributed by atoms with Crippen molar-refractivity contribution < 1.29 is 4.79 Å². The summed E-state index contributed by atoms with van der Waals surface area (Å²) in [6, 6.07) is 0. The normalized spacial score (nSPS) is 31.7. The van der Waals surface area contributed by atoms with Crippen LogP contribution < -0.4 is 0 Å². The molecule has 1 aliphatic heterocycles. The van der Waals surface area contributed by atoms with Crippen LogP contribution in [0.1, 0.15) is 19.3 Å². The van der Waals surface area contributed by atoms with Crippen molar-refractivity contribution in [2.24, 2.45) is 11.8 Å². The van der Waals surface area contributed by atoms with Crippen LogP contribution in [0.25, 0.3) is 0 Å². The summed E-state index contributed by atoms with van der Waals surface area (Å²) in [5.41, 5.74) is 1.42. The van der Waals surface area contributed by atoms with E-state index in [2.05, 4.69) is 30.2 Å². The van der Waals surface area contributed by atoms with Gasteiger partial charge in [-0.15, -0.1) is 0 Å². The van der Waals surface area contributed by atoms with Gasteiger partial charge in [-0.1, -0.05) is 23.8 Å². The van der Waals surface area contributed by atoms with Crippen LogP contribution in [0, 0.1) is 11.8 Å². The van der Waals surface area contributed by atoms with Gasteiger partial charge in [0.05, 0.1) is 0 Å². The van der Waals surface area contributed by atoms with Crippen LogP contribution in [-0.4, -0.2) is 31.3 Å². The molecular weight excluding hydrogens is 186 g/mol. The second-order valence-electron chi connectivity index (χ2n) is 4.74. The standard InChI is InChI=1S/C13H19NO/c1-14-8-12(13(9-14)10-15)7-11-5-3-2-4-6-11/h3,5-6,10,12-13H,2,4,7-9H2,1H3. The number of hydrogen-bond acceptors (Lipinski definition) is 2. The third-order valence-corrected chi connectivity index (χ3v) is 3.42. The molecule has 2 aliphatic rings. The molecule has 1 heterocycles. The van der Waals surface area contributed by atoms with E-state index in [0.717, 1.165) is 25.8 Å². The molecule has 2 nitrogen and oxygen atoms in total. The van der Waals surface area contributed by atoms with Gasteiger partial charge in [-0.05, 0) is 32.2 Å². The van der Waals surface area contributed by atoms with E-state index in [9.17, 15) is 4.79 Å². The molecule has 2 atom stereocenters. The molecule has 0 radical (unpaired) electrons. The molecule has 1 saturated heterocycles. The number of allylic oxidation sites excluding steroid dienone is 4. The van der Waals surface area contributed by atoms with E-state index in [1.54, 1.807) is 0 Å². The number of likely N-dealkylation sites (tertiary alicyclic amines) is 1. The van der Waals surface area contributed by atoms with Gasteiger partial charge in [0.2, 0.25) is 0 Å². The molecule has 2 rings (SSSR count).